The SMILES string of the molecule is CN(Cc1nc2ccccc2n1C)CC1CCCCC1. The Labute approximate surface area is 121 Å². The molecular weight excluding hydrogens is 246 g/mol. The summed E-state index contributed by atoms with van der Waals surface area (Å²) in [6, 6.07) is 8.39. The number of benzene rings is 1. The second kappa shape index (κ2) is 5.96. The Bertz CT molecular complexity index is 567. The molecule has 0 N–H and O–H groups in total. The van der Waals surface area contributed by atoms with Gasteiger partial charge in [-0.25, -0.2) is 4.98 Å². The summed E-state index contributed by atoms with van der Waals surface area (Å²) in [5, 5.41) is 0. The summed E-state index contributed by atoms with van der Waals surface area (Å²) in [7, 11) is 4.35. The van der Waals surface area contributed by atoms with Gasteiger partial charge in [0.05, 0.1) is 17.6 Å². The minimum absolute atomic E-state index is 0.892. The molecule has 0 unspecified atom stereocenters. The zero-order valence-electron chi connectivity index (χ0n) is 12.7. The maximum absolute atomic E-state index is 4.77. The monoisotopic (exact) mass is 271 g/mol. The van der Waals surface area contributed by atoms with Gasteiger partial charge >= 0.3 is 0 Å². The summed E-state index contributed by atoms with van der Waals surface area (Å²) >= 11 is 0. The van der Waals surface area contributed by atoms with Crippen LogP contribution in [0, 0.1) is 5.92 Å². The summed E-state index contributed by atoms with van der Waals surface area (Å²) in [6.45, 7) is 2.16. The third kappa shape index (κ3) is 2.88. The zero-order valence-corrected chi connectivity index (χ0v) is 12.7. The van der Waals surface area contributed by atoms with Gasteiger partial charge in [0, 0.05) is 13.6 Å². The van der Waals surface area contributed by atoms with Gasteiger partial charge in [0.2, 0.25) is 0 Å². The number of aryl methyl sites for hydroxylation is 1. The number of hydrogen-bond donors (Lipinski definition) is 0. The fourth-order valence-corrected chi connectivity index (χ4v) is 3.45. The van der Waals surface area contributed by atoms with Crippen LogP contribution in [0.1, 0.15) is 37.9 Å². The number of nitrogens with zero attached hydrogens (tertiary/aromatic N) is 3. The largest absolute Gasteiger partial charge is 0.330 e. The molecule has 3 rings (SSSR count). The normalized spacial score (nSPS) is 17.1. The highest BCUT2D eigenvalue weighted by atomic mass is 15.2. The molecule has 0 spiro atoms. The predicted octanol–water partition coefficient (Wildman–Crippen LogP) is 3.59. The molecule has 1 saturated carbocycles. The van der Waals surface area contributed by atoms with Crippen molar-refractivity contribution >= 4 is 11.0 Å². The Morgan fingerprint density at radius 1 is 1.20 bits per heavy atom. The molecule has 0 saturated heterocycles. The highest BCUT2D eigenvalue weighted by Crippen LogP contribution is 2.24. The molecular formula is C17H25N3. The van der Waals surface area contributed by atoms with E-state index in [1.54, 1.807) is 0 Å². The van der Waals surface area contributed by atoms with Gasteiger partial charge in [0.1, 0.15) is 5.82 Å². The van der Waals surface area contributed by atoms with Crippen molar-refractivity contribution in [1.29, 1.82) is 0 Å². The fourth-order valence-electron chi connectivity index (χ4n) is 3.45. The Kier molecular flexibility index (Phi) is 4.06. The van der Waals surface area contributed by atoms with Crippen molar-refractivity contribution in [1.82, 2.24) is 14.5 Å². The quantitative estimate of drug-likeness (QED) is 0.847. The average Bonchev–Trinajstić information content (AvgIpc) is 2.77. The van der Waals surface area contributed by atoms with Crippen molar-refractivity contribution in [2.24, 2.45) is 13.0 Å². The van der Waals surface area contributed by atoms with E-state index < -0.39 is 0 Å². The predicted molar refractivity (Wildman–Crippen MR) is 83.6 cm³/mol. The van der Waals surface area contributed by atoms with Crippen molar-refractivity contribution in [2.45, 2.75) is 38.6 Å². The smallest absolute Gasteiger partial charge is 0.123 e. The minimum atomic E-state index is 0.892. The first-order valence-corrected chi connectivity index (χ1v) is 7.83. The number of aromatic nitrogens is 2. The maximum Gasteiger partial charge on any atom is 0.123 e. The Morgan fingerprint density at radius 2 is 1.95 bits per heavy atom. The standard InChI is InChI=1S/C17H25N3/c1-19(12-14-8-4-3-5-9-14)13-17-18-15-10-6-7-11-16(15)20(17)2/h6-7,10-11,14H,3-5,8-9,12-13H2,1-2H3. The molecule has 1 aliphatic rings. The van der Waals surface area contributed by atoms with Crippen LogP contribution in [0.15, 0.2) is 24.3 Å². The lowest BCUT2D eigenvalue weighted by atomic mass is 9.89. The third-order valence-electron chi connectivity index (χ3n) is 4.59. The molecule has 0 amide bonds. The van der Waals surface area contributed by atoms with Crippen molar-refractivity contribution in [2.75, 3.05) is 13.6 Å². The molecule has 0 bridgehead atoms. The number of para-hydroxylation sites is 2. The first-order chi connectivity index (χ1) is 9.74. The summed E-state index contributed by atoms with van der Waals surface area (Å²) in [6.07, 6.45) is 7.10. The van der Waals surface area contributed by atoms with E-state index in [1.165, 1.54) is 50.0 Å². The number of fused-ring (bicyclic) bond motifs is 1. The Hall–Kier alpha value is -1.35. The number of hydrogen-bond acceptors (Lipinski definition) is 2. The molecule has 20 heavy (non-hydrogen) atoms. The van der Waals surface area contributed by atoms with E-state index in [9.17, 15) is 0 Å². The van der Waals surface area contributed by atoms with E-state index in [4.69, 9.17) is 4.98 Å². The highest BCUT2D eigenvalue weighted by Gasteiger charge is 2.16. The fraction of sp³-hybridized carbons (Fsp3) is 0.588. The van der Waals surface area contributed by atoms with Gasteiger partial charge in [-0.1, -0.05) is 31.4 Å². The van der Waals surface area contributed by atoms with Crippen LogP contribution in [0.4, 0.5) is 0 Å². The van der Waals surface area contributed by atoms with Crippen molar-refractivity contribution < 1.29 is 0 Å². The van der Waals surface area contributed by atoms with Gasteiger partial charge in [-0.3, -0.25) is 4.90 Å². The van der Waals surface area contributed by atoms with E-state index in [2.05, 4.69) is 47.8 Å². The summed E-state index contributed by atoms with van der Waals surface area (Å²) in [5.74, 6) is 2.06. The lowest BCUT2D eigenvalue weighted by Gasteiger charge is -2.26. The van der Waals surface area contributed by atoms with E-state index in [-0.39, 0.29) is 0 Å². The van der Waals surface area contributed by atoms with Crippen molar-refractivity contribution in [3.63, 3.8) is 0 Å². The number of imidazole rings is 1. The molecule has 1 aliphatic carbocycles. The van der Waals surface area contributed by atoms with E-state index in [0.29, 0.717) is 0 Å². The molecule has 2 aromatic rings. The van der Waals surface area contributed by atoms with Crippen LogP contribution in [-0.2, 0) is 13.6 Å². The van der Waals surface area contributed by atoms with Gasteiger partial charge < -0.3 is 4.57 Å². The lowest BCUT2D eigenvalue weighted by molar-refractivity contribution is 0.223. The summed E-state index contributed by atoms with van der Waals surface area (Å²) in [5.41, 5.74) is 2.34. The van der Waals surface area contributed by atoms with Crippen molar-refractivity contribution in [3.8, 4) is 0 Å². The zero-order chi connectivity index (χ0) is 13.9. The summed E-state index contributed by atoms with van der Waals surface area (Å²) in [4.78, 5) is 7.21. The molecule has 0 atom stereocenters. The van der Waals surface area contributed by atoms with E-state index >= 15 is 0 Å². The second-order valence-corrected chi connectivity index (χ2v) is 6.28. The maximum atomic E-state index is 4.77. The average molecular weight is 271 g/mol. The molecule has 0 radical (unpaired) electrons. The van der Waals surface area contributed by atoms with Crippen LogP contribution in [0.5, 0.6) is 0 Å². The molecule has 108 valence electrons. The Balaban J connectivity index is 1.67. The molecule has 1 fully saturated rings. The van der Waals surface area contributed by atoms with Crippen LogP contribution in [0.2, 0.25) is 0 Å². The second-order valence-electron chi connectivity index (χ2n) is 6.28. The lowest BCUT2D eigenvalue weighted by Crippen LogP contribution is -2.27. The molecule has 3 nitrogen and oxygen atoms in total. The van der Waals surface area contributed by atoms with Gasteiger partial charge in [0.15, 0.2) is 0 Å². The van der Waals surface area contributed by atoms with Gasteiger partial charge in [0.25, 0.3) is 0 Å². The highest BCUT2D eigenvalue weighted by molar-refractivity contribution is 5.75. The van der Waals surface area contributed by atoms with E-state index in [0.717, 1.165) is 18.0 Å². The van der Waals surface area contributed by atoms with Crippen LogP contribution in [0.25, 0.3) is 11.0 Å². The van der Waals surface area contributed by atoms with Gasteiger partial charge in [-0.2, -0.15) is 0 Å². The van der Waals surface area contributed by atoms with Crippen LogP contribution >= 0.6 is 0 Å². The van der Waals surface area contributed by atoms with Gasteiger partial charge in [-0.05, 0) is 37.9 Å². The van der Waals surface area contributed by atoms with E-state index in [1.807, 2.05) is 0 Å². The molecule has 1 aromatic heterocycles. The molecule has 1 heterocycles. The van der Waals surface area contributed by atoms with Crippen molar-refractivity contribution in [3.05, 3.63) is 30.1 Å². The van der Waals surface area contributed by atoms with Crippen LogP contribution in [-0.4, -0.2) is 28.0 Å². The number of rotatable bonds is 4. The first kappa shape index (κ1) is 13.6. The summed E-state index contributed by atoms with van der Waals surface area (Å²) < 4.78 is 2.23. The van der Waals surface area contributed by atoms with Gasteiger partial charge in [-0.15, -0.1) is 0 Å². The molecule has 3 heteroatoms. The third-order valence-corrected chi connectivity index (χ3v) is 4.59. The molecule has 1 aromatic carbocycles. The topological polar surface area (TPSA) is 21.1 Å². The first-order valence-electron chi connectivity index (χ1n) is 7.83. The Morgan fingerprint density at radius 3 is 2.70 bits per heavy atom. The minimum Gasteiger partial charge on any atom is -0.330 e. The van der Waals surface area contributed by atoms with Crippen LogP contribution < -0.4 is 0 Å². The molecule has 0 aliphatic heterocycles. The van der Waals surface area contributed by atoms with Crippen LogP contribution in [0.3, 0.4) is 0 Å².